The molecule has 0 aromatic carbocycles. The molecule has 2 rings (SSSR count). The Morgan fingerprint density at radius 2 is 2.50 bits per heavy atom. The van der Waals surface area contributed by atoms with Crippen LogP contribution in [0.25, 0.3) is 0 Å². The lowest BCUT2D eigenvalue weighted by Crippen LogP contribution is -2.23. The summed E-state index contributed by atoms with van der Waals surface area (Å²) in [5, 5.41) is 13.0. The minimum Gasteiger partial charge on any atom is -0.392 e. The summed E-state index contributed by atoms with van der Waals surface area (Å²) in [5.74, 6) is 0.434. The maximum Gasteiger partial charge on any atom is 0.0950 e. The molecule has 0 radical (unpaired) electrons. The Kier molecular flexibility index (Phi) is 3.32. The Balaban J connectivity index is 1.89. The van der Waals surface area contributed by atoms with E-state index in [1.54, 1.807) is 17.5 Å². The Morgan fingerprint density at radius 3 is 3.14 bits per heavy atom. The SMILES string of the molecule is OC(Cc1nccs1)C1CC=CCC1. The van der Waals surface area contributed by atoms with Gasteiger partial charge in [-0.05, 0) is 25.2 Å². The van der Waals surface area contributed by atoms with Gasteiger partial charge in [0.05, 0.1) is 11.1 Å². The molecule has 0 aliphatic heterocycles. The van der Waals surface area contributed by atoms with Crippen LogP contribution in [-0.4, -0.2) is 16.2 Å². The van der Waals surface area contributed by atoms with E-state index in [1.807, 2.05) is 5.38 Å². The Morgan fingerprint density at radius 1 is 1.57 bits per heavy atom. The molecule has 0 bridgehead atoms. The third-order valence-electron chi connectivity index (χ3n) is 2.72. The molecule has 1 aromatic rings. The third-order valence-corrected chi connectivity index (χ3v) is 3.52. The Labute approximate surface area is 88.3 Å². The monoisotopic (exact) mass is 209 g/mol. The lowest BCUT2D eigenvalue weighted by atomic mass is 9.88. The van der Waals surface area contributed by atoms with Crippen LogP contribution < -0.4 is 0 Å². The van der Waals surface area contributed by atoms with E-state index in [9.17, 15) is 5.11 Å². The third kappa shape index (κ3) is 2.42. The first-order chi connectivity index (χ1) is 6.86. The molecule has 0 fully saturated rings. The normalized spacial score (nSPS) is 23.6. The molecule has 0 spiro atoms. The lowest BCUT2D eigenvalue weighted by molar-refractivity contribution is 0.102. The average molecular weight is 209 g/mol. The van der Waals surface area contributed by atoms with E-state index in [1.165, 1.54) is 0 Å². The predicted molar refractivity (Wildman–Crippen MR) is 58.3 cm³/mol. The molecular formula is C11H15NOS. The quantitative estimate of drug-likeness (QED) is 0.775. The standard InChI is InChI=1S/C11H15NOS/c13-10(8-11-12-6-7-14-11)9-4-2-1-3-5-9/h1-2,6-7,9-10,13H,3-5,8H2. The van der Waals surface area contributed by atoms with Gasteiger partial charge in [0, 0.05) is 18.0 Å². The van der Waals surface area contributed by atoms with Crippen LogP contribution in [0.3, 0.4) is 0 Å². The summed E-state index contributed by atoms with van der Waals surface area (Å²) in [6.45, 7) is 0. The van der Waals surface area contributed by atoms with Gasteiger partial charge in [0.25, 0.3) is 0 Å². The molecule has 1 aliphatic carbocycles. The van der Waals surface area contributed by atoms with Gasteiger partial charge in [0.15, 0.2) is 0 Å². The number of allylic oxidation sites excluding steroid dienone is 2. The number of hydrogen-bond donors (Lipinski definition) is 1. The van der Waals surface area contributed by atoms with E-state index in [-0.39, 0.29) is 6.10 Å². The molecule has 0 saturated carbocycles. The van der Waals surface area contributed by atoms with Gasteiger partial charge in [-0.1, -0.05) is 12.2 Å². The topological polar surface area (TPSA) is 33.1 Å². The first kappa shape index (κ1) is 9.87. The van der Waals surface area contributed by atoms with Crippen LogP contribution >= 0.6 is 11.3 Å². The second-order valence-electron chi connectivity index (χ2n) is 3.74. The van der Waals surface area contributed by atoms with Crippen LogP contribution in [0.2, 0.25) is 0 Å². The number of aliphatic hydroxyl groups is 1. The van der Waals surface area contributed by atoms with Crippen molar-refractivity contribution < 1.29 is 5.11 Å². The number of thiazole rings is 1. The highest BCUT2D eigenvalue weighted by Crippen LogP contribution is 2.24. The molecule has 14 heavy (non-hydrogen) atoms. The first-order valence-corrected chi connectivity index (χ1v) is 5.95. The second kappa shape index (κ2) is 4.71. The first-order valence-electron chi connectivity index (χ1n) is 5.07. The number of aliphatic hydroxyl groups excluding tert-OH is 1. The summed E-state index contributed by atoms with van der Waals surface area (Å²) in [6.07, 6.45) is 9.93. The van der Waals surface area contributed by atoms with Gasteiger partial charge in [0.1, 0.15) is 0 Å². The Bertz CT molecular complexity index is 294. The van der Waals surface area contributed by atoms with Gasteiger partial charge >= 0.3 is 0 Å². The van der Waals surface area contributed by atoms with Crippen LogP contribution in [0, 0.1) is 5.92 Å². The number of nitrogens with zero attached hydrogens (tertiary/aromatic N) is 1. The van der Waals surface area contributed by atoms with Crippen molar-refractivity contribution in [3.05, 3.63) is 28.7 Å². The van der Waals surface area contributed by atoms with E-state index in [0.717, 1.165) is 30.7 Å². The molecule has 2 nitrogen and oxygen atoms in total. The van der Waals surface area contributed by atoms with E-state index in [0.29, 0.717) is 5.92 Å². The maximum absolute atomic E-state index is 9.98. The average Bonchev–Trinajstić information content (AvgIpc) is 2.72. The number of aromatic nitrogens is 1. The molecule has 0 saturated heterocycles. The molecule has 0 amide bonds. The van der Waals surface area contributed by atoms with E-state index in [2.05, 4.69) is 17.1 Å². The minimum absolute atomic E-state index is 0.217. The van der Waals surface area contributed by atoms with Gasteiger partial charge in [-0.25, -0.2) is 4.98 Å². The zero-order chi connectivity index (χ0) is 9.80. The maximum atomic E-state index is 9.98. The van der Waals surface area contributed by atoms with Gasteiger partial charge in [0.2, 0.25) is 0 Å². The lowest BCUT2D eigenvalue weighted by Gasteiger charge is -2.22. The highest BCUT2D eigenvalue weighted by molar-refractivity contribution is 7.09. The fourth-order valence-electron chi connectivity index (χ4n) is 1.87. The van der Waals surface area contributed by atoms with Crippen LogP contribution in [-0.2, 0) is 6.42 Å². The minimum atomic E-state index is -0.217. The molecule has 2 atom stereocenters. The molecule has 1 aromatic heterocycles. The highest BCUT2D eigenvalue weighted by atomic mass is 32.1. The van der Waals surface area contributed by atoms with Gasteiger partial charge in [-0.3, -0.25) is 0 Å². The second-order valence-corrected chi connectivity index (χ2v) is 4.72. The zero-order valence-electron chi connectivity index (χ0n) is 8.10. The van der Waals surface area contributed by atoms with Crippen LogP contribution in [0.5, 0.6) is 0 Å². The van der Waals surface area contributed by atoms with Crippen molar-refractivity contribution in [2.24, 2.45) is 5.92 Å². The smallest absolute Gasteiger partial charge is 0.0950 e. The van der Waals surface area contributed by atoms with Gasteiger partial charge in [-0.2, -0.15) is 0 Å². The summed E-state index contributed by atoms with van der Waals surface area (Å²) >= 11 is 1.63. The van der Waals surface area contributed by atoms with Crippen molar-refractivity contribution >= 4 is 11.3 Å². The van der Waals surface area contributed by atoms with Crippen LogP contribution in [0.1, 0.15) is 24.3 Å². The molecule has 1 heterocycles. The molecule has 1 N–H and O–H groups in total. The molecule has 1 aliphatic rings. The molecule has 3 heteroatoms. The highest BCUT2D eigenvalue weighted by Gasteiger charge is 2.20. The van der Waals surface area contributed by atoms with Crippen molar-refractivity contribution in [1.82, 2.24) is 4.98 Å². The van der Waals surface area contributed by atoms with Crippen LogP contribution in [0.4, 0.5) is 0 Å². The molecular weight excluding hydrogens is 194 g/mol. The van der Waals surface area contributed by atoms with Crippen molar-refractivity contribution in [1.29, 1.82) is 0 Å². The van der Waals surface area contributed by atoms with Crippen molar-refractivity contribution in [3.63, 3.8) is 0 Å². The number of rotatable bonds is 3. The predicted octanol–water partition coefficient (Wildman–Crippen LogP) is 2.40. The van der Waals surface area contributed by atoms with Crippen molar-refractivity contribution in [2.45, 2.75) is 31.8 Å². The van der Waals surface area contributed by atoms with Crippen LogP contribution in [0.15, 0.2) is 23.7 Å². The largest absolute Gasteiger partial charge is 0.392 e. The van der Waals surface area contributed by atoms with E-state index >= 15 is 0 Å². The summed E-state index contributed by atoms with van der Waals surface area (Å²) in [7, 11) is 0. The van der Waals surface area contributed by atoms with Gasteiger partial charge < -0.3 is 5.11 Å². The molecule has 2 unspecified atom stereocenters. The zero-order valence-corrected chi connectivity index (χ0v) is 8.91. The summed E-state index contributed by atoms with van der Waals surface area (Å²) in [5.41, 5.74) is 0. The summed E-state index contributed by atoms with van der Waals surface area (Å²) in [4.78, 5) is 4.19. The summed E-state index contributed by atoms with van der Waals surface area (Å²) in [6, 6.07) is 0. The number of hydrogen-bond acceptors (Lipinski definition) is 3. The van der Waals surface area contributed by atoms with E-state index < -0.39 is 0 Å². The summed E-state index contributed by atoms with van der Waals surface area (Å²) < 4.78 is 0. The van der Waals surface area contributed by atoms with Crippen molar-refractivity contribution in [2.75, 3.05) is 0 Å². The van der Waals surface area contributed by atoms with Crippen molar-refractivity contribution in [3.8, 4) is 0 Å². The van der Waals surface area contributed by atoms with E-state index in [4.69, 9.17) is 0 Å². The molecule has 76 valence electrons. The Hall–Kier alpha value is -0.670. The van der Waals surface area contributed by atoms with Gasteiger partial charge in [-0.15, -0.1) is 11.3 Å². The fourth-order valence-corrected chi connectivity index (χ4v) is 2.53. The fraction of sp³-hybridized carbons (Fsp3) is 0.545.